The lowest BCUT2D eigenvalue weighted by atomic mass is 10.1. The zero-order valence-corrected chi connectivity index (χ0v) is 20.2. The molecule has 0 radical (unpaired) electrons. The van der Waals surface area contributed by atoms with Gasteiger partial charge in [0.15, 0.2) is 0 Å². The molecule has 1 amide bonds. The maximum atomic E-state index is 13.3. The minimum atomic E-state index is -3.71. The Kier molecular flexibility index (Phi) is 8.57. The predicted octanol–water partition coefficient (Wildman–Crippen LogP) is 3.85. The second-order valence-electron chi connectivity index (χ2n) is 7.83. The number of carbonyl (C=O) groups excluding carboxylic acids is 1. The number of sulfonamides is 1. The lowest BCUT2D eigenvalue weighted by molar-refractivity contribution is -0.116. The van der Waals surface area contributed by atoms with Gasteiger partial charge in [-0.05, 0) is 62.1 Å². The van der Waals surface area contributed by atoms with Crippen LogP contribution in [0.25, 0.3) is 0 Å². The minimum absolute atomic E-state index is 0.0848. The van der Waals surface area contributed by atoms with E-state index in [0.29, 0.717) is 49.1 Å². The fourth-order valence-electron chi connectivity index (χ4n) is 3.80. The molecule has 9 heteroatoms. The maximum Gasteiger partial charge on any atom is 0.246 e. The Bertz CT molecular complexity index is 1040. The second kappa shape index (κ2) is 11.4. The van der Waals surface area contributed by atoms with Gasteiger partial charge in [-0.2, -0.15) is 4.31 Å². The van der Waals surface area contributed by atoms with Crippen LogP contribution in [0.1, 0.15) is 38.2 Å². The van der Waals surface area contributed by atoms with Crippen molar-refractivity contribution in [2.45, 2.75) is 43.9 Å². The van der Waals surface area contributed by atoms with Gasteiger partial charge in [0.05, 0.1) is 20.8 Å². The molecule has 3 rings (SSSR count). The molecule has 33 heavy (non-hydrogen) atoms. The van der Waals surface area contributed by atoms with E-state index < -0.39 is 10.0 Å². The molecule has 0 aliphatic carbocycles. The van der Waals surface area contributed by atoms with Gasteiger partial charge in [0.1, 0.15) is 22.1 Å². The quantitative estimate of drug-likeness (QED) is 0.560. The number of nitrogens with one attached hydrogen (secondary N) is 1. The number of hydrogen-bond donors (Lipinski definition) is 1. The Labute approximate surface area is 195 Å². The molecule has 8 nitrogen and oxygen atoms in total. The van der Waals surface area contributed by atoms with Gasteiger partial charge in [-0.1, -0.05) is 6.42 Å². The lowest BCUT2D eigenvalue weighted by Crippen LogP contribution is -2.35. The third kappa shape index (κ3) is 6.39. The number of rotatable bonds is 10. The first-order chi connectivity index (χ1) is 15.9. The molecule has 1 aliphatic heterocycles. The molecular formula is C24H32N2O6S. The molecule has 0 unspecified atom stereocenters. The highest BCUT2D eigenvalue weighted by molar-refractivity contribution is 7.89. The molecule has 0 spiro atoms. The van der Waals surface area contributed by atoms with E-state index >= 15 is 0 Å². The first-order valence-corrected chi connectivity index (χ1v) is 12.6. The molecule has 2 aromatic rings. The molecule has 180 valence electrons. The van der Waals surface area contributed by atoms with Crippen LogP contribution in [0, 0.1) is 0 Å². The summed E-state index contributed by atoms with van der Waals surface area (Å²) >= 11 is 0. The highest BCUT2D eigenvalue weighted by atomic mass is 32.2. The van der Waals surface area contributed by atoms with Gasteiger partial charge in [-0.15, -0.1) is 0 Å². The smallest absolute Gasteiger partial charge is 0.246 e. The molecular weight excluding hydrogens is 444 g/mol. The van der Waals surface area contributed by atoms with Crippen LogP contribution in [0.2, 0.25) is 0 Å². The third-order valence-electron chi connectivity index (χ3n) is 5.51. The molecule has 2 aromatic carbocycles. The van der Waals surface area contributed by atoms with Gasteiger partial charge in [-0.3, -0.25) is 4.79 Å². The zero-order valence-electron chi connectivity index (χ0n) is 19.4. The molecule has 1 saturated heterocycles. The number of methoxy groups -OCH3 is 2. The Hall–Kier alpha value is -2.78. The molecule has 1 heterocycles. The first-order valence-electron chi connectivity index (χ1n) is 11.2. The van der Waals surface area contributed by atoms with Crippen LogP contribution in [-0.2, 0) is 21.2 Å². The molecule has 0 aromatic heterocycles. The summed E-state index contributed by atoms with van der Waals surface area (Å²) in [5.41, 5.74) is 1.32. The Morgan fingerprint density at radius 1 is 1.00 bits per heavy atom. The summed E-state index contributed by atoms with van der Waals surface area (Å²) in [6, 6.07) is 10.2. The normalized spacial score (nSPS) is 14.5. The van der Waals surface area contributed by atoms with Crippen LogP contribution in [0.4, 0.5) is 5.69 Å². The van der Waals surface area contributed by atoms with E-state index in [2.05, 4.69) is 5.32 Å². The number of amides is 1. The summed E-state index contributed by atoms with van der Waals surface area (Å²) in [6.45, 7) is 3.14. The van der Waals surface area contributed by atoms with Crippen molar-refractivity contribution in [1.82, 2.24) is 4.31 Å². The van der Waals surface area contributed by atoms with Crippen LogP contribution in [0.3, 0.4) is 0 Å². The van der Waals surface area contributed by atoms with E-state index in [1.807, 2.05) is 12.1 Å². The number of hydrogen-bond acceptors (Lipinski definition) is 6. The van der Waals surface area contributed by atoms with Crippen LogP contribution in [0.5, 0.6) is 17.2 Å². The summed E-state index contributed by atoms with van der Waals surface area (Å²) in [6.07, 6.45) is 3.41. The highest BCUT2D eigenvalue weighted by Crippen LogP contribution is 2.31. The number of anilines is 1. The monoisotopic (exact) mass is 476 g/mol. The number of carbonyl (C=O) groups is 1. The van der Waals surface area contributed by atoms with E-state index in [0.717, 1.165) is 24.8 Å². The highest BCUT2D eigenvalue weighted by Gasteiger charge is 2.29. The summed E-state index contributed by atoms with van der Waals surface area (Å²) in [5.74, 6) is 1.39. The van der Waals surface area contributed by atoms with Crippen molar-refractivity contribution in [3.8, 4) is 17.2 Å². The average molecular weight is 477 g/mol. The Morgan fingerprint density at radius 3 is 2.27 bits per heavy atom. The van der Waals surface area contributed by atoms with Crippen LogP contribution in [0.15, 0.2) is 41.3 Å². The average Bonchev–Trinajstić information content (AvgIpc) is 2.84. The van der Waals surface area contributed by atoms with E-state index in [4.69, 9.17) is 14.2 Å². The van der Waals surface area contributed by atoms with Crippen molar-refractivity contribution in [1.29, 1.82) is 0 Å². The van der Waals surface area contributed by atoms with Crippen molar-refractivity contribution < 1.29 is 27.4 Å². The van der Waals surface area contributed by atoms with Crippen molar-refractivity contribution in [3.05, 3.63) is 42.0 Å². The number of benzene rings is 2. The largest absolute Gasteiger partial charge is 0.497 e. The van der Waals surface area contributed by atoms with Crippen molar-refractivity contribution in [2.75, 3.05) is 39.2 Å². The van der Waals surface area contributed by atoms with E-state index in [-0.39, 0.29) is 17.2 Å². The molecule has 0 atom stereocenters. The summed E-state index contributed by atoms with van der Waals surface area (Å²) < 4.78 is 44.1. The number of aryl methyl sites for hydroxylation is 1. The fraction of sp³-hybridized carbons (Fsp3) is 0.458. The van der Waals surface area contributed by atoms with E-state index in [9.17, 15) is 13.2 Å². The number of ether oxygens (including phenoxy) is 3. The van der Waals surface area contributed by atoms with Gasteiger partial charge >= 0.3 is 0 Å². The van der Waals surface area contributed by atoms with E-state index in [1.54, 1.807) is 39.3 Å². The minimum Gasteiger partial charge on any atom is -0.497 e. The standard InChI is InChI=1S/C24H32N2O6S/c1-4-32-22-10-9-19(16-23(22)33(28,29)26-12-6-5-7-13-26)25-24(27)11-8-18-14-20(30-2)17-21(15-18)31-3/h9-10,14-17H,4-8,11-13H2,1-3H3,(H,25,27). The summed E-state index contributed by atoms with van der Waals surface area (Å²) in [7, 11) is -0.562. The molecule has 1 N–H and O–H groups in total. The molecule has 1 aliphatic rings. The lowest BCUT2D eigenvalue weighted by Gasteiger charge is -2.27. The van der Waals surface area contributed by atoms with Gasteiger partial charge in [0.25, 0.3) is 0 Å². The number of piperidine rings is 1. The summed E-state index contributed by atoms with van der Waals surface area (Å²) in [4.78, 5) is 12.7. The SMILES string of the molecule is CCOc1ccc(NC(=O)CCc2cc(OC)cc(OC)c2)cc1S(=O)(=O)N1CCCCC1. The number of nitrogens with zero attached hydrogens (tertiary/aromatic N) is 1. The molecule has 1 fully saturated rings. The van der Waals surface area contributed by atoms with Crippen molar-refractivity contribution in [3.63, 3.8) is 0 Å². The Morgan fingerprint density at radius 2 is 1.67 bits per heavy atom. The Balaban J connectivity index is 1.74. The van der Waals surface area contributed by atoms with E-state index in [1.165, 1.54) is 10.4 Å². The zero-order chi connectivity index (χ0) is 23.8. The third-order valence-corrected chi connectivity index (χ3v) is 7.43. The van der Waals surface area contributed by atoms with Gasteiger partial charge < -0.3 is 19.5 Å². The topological polar surface area (TPSA) is 94.2 Å². The fourth-order valence-corrected chi connectivity index (χ4v) is 5.47. The van der Waals surface area contributed by atoms with Crippen LogP contribution < -0.4 is 19.5 Å². The van der Waals surface area contributed by atoms with Gasteiger partial charge in [0.2, 0.25) is 15.9 Å². The van der Waals surface area contributed by atoms with Crippen LogP contribution in [-0.4, -0.2) is 52.5 Å². The van der Waals surface area contributed by atoms with Crippen LogP contribution >= 0.6 is 0 Å². The van der Waals surface area contributed by atoms with Gasteiger partial charge in [0, 0.05) is 31.3 Å². The molecule has 0 saturated carbocycles. The second-order valence-corrected chi connectivity index (χ2v) is 9.73. The maximum absolute atomic E-state index is 13.3. The van der Waals surface area contributed by atoms with Crippen molar-refractivity contribution in [2.24, 2.45) is 0 Å². The van der Waals surface area contributed by atoms with Crippen molar-refractivity contribution >= 4 is 21.6 Å². The predicted molar refractivity (Wildman–Crippen MR) is 127 cm³/mol. The summed E-state index contributed by atoms with van der Waals surface area (Å²) in [5, 5.41) is 2.81. The molecule has 0 bridgehead atoms. The first kappa shape index (κ1) is 24.9. The van der Waals surface area contributed by atoms with Gasteiger partial charge in [-0.25, -0.2) is 8.42 Å².